The average Bonchev–Trinajstić information content (AvgIpc) is 2.92. The third-order valence-electron chi connectivity index (χ3n) is 2.90. The fourth-order valence-corrected chi connectivity index (χ4v) is 2.07. The molecule has 2 aromatic rings. The van der Waals surface area contributed by atoms with Crippen LogP contribution in [0.4, 0.5) is 5.82 Å². The number of methoxy groups -OCH3 is 1. The highest BCUT2D eigenvalue weighted by Gasteiger charge is 2.18. The van der Waals surface area contributed by atoms with Crippen molar-refractivity contribution >= 4 is 29.7 Å². The number of carbonyl (C=O) groups excluding carboxylic acids is 2. The molecular formula is C13H13ClN4O3. The maximum Gasteiger partial charge on any atom is 0.252 e. The molecule has 0 bridgehead atoms. The minimum absolute atomic E-state index is 0.105. The number of hydrogen-bond donors (Lipinski definition) is 3. The minimum atomic E-state index is -0.703. The lowest BCUT2D eigenvalue weighted by Gasteiger charge is -2.09. The predicted octanol–water partition coefficient (Wildman–Crippen LogP) is 1.28. The lowest BCUT2D eigenvalue weighted by Crippen LogP contribution is -2.31. The van der Waals surface area contributed by atoms with Gasteiger partial charge >= 0.3 is 0 Å². The van der Waals surface area contributed by atoms with Gasteiger partial charge in [-0.15, -0.1) is 0 Å². The van der Waals surface area contributed by atoms with E-state index in [0.29, 0.717) is 28.4 Å². The van der Waals surface area contributed by atoms with Gasteiger partial charge < -0.3 is 15.5 Å². The molecule has 5 N–H and O–H groups in total. The van der Waals surface area contributed by atoms with Gasteiger partial charge in [0.05, 0.1) is 17.7 Å². The SMILES string of the molecule is COc1cc(-c2cc(C(N)=O)c(N(N)C=O)[nH]2)ccc1Cl. The van der Waals surface area contributed by atoms with Gasteiger partial charge in [0.15, 0.2) is 0 Å². The van der Waals surface area contributed by atoms with Gasteiger partial charge in [0.25, 0.3) is 5.91 Å². The number of nitrogens with two attached hydrogens (primary N) is 2. The monoisotopic (exact) mass is 308 g/mol. The standard InChI is InChI=1S/C13H13ClN4O3/c1-21-11-4-7(2-3-9(11)14)10-5-8(12(15)20)13(17-10)18(16)6-19/h2-6,17H,16H2,1H3,(H2,15,20). The number of halogens is 1. The fourth-order valence-electron chi connectivity index (χ4n) is 1.87. The summed E-state index contributed by atoms with van der Waals surface area (Å²) in [6, 6.07) is 6.57. The lowest BCUT2D eigenvalue weighted by molar-refractivity contribution is -0.107. The summed E-state index contributed by atoms with van der Waals surface area (Å²) in [5.41, 5.74) is 6.63. The van der Waals surface area contributed by atoms with Crippen LogP contribution in [0.15, 0.2) is 24.3 Å². The quantitative estimate of drug-likeness (QED) is 0.334. The number of benzene rings is 1. The summed E-state index contributed by atoms with van der Waals surface area (Å²) in [7, 11) is 1.49. The van der Waals surface area contributed by atoms with E-state index in [9.17, 15) is 9.59 Å². The molecule has 2 amide bonds. The zero-order chi connectivity index (χ0) is 15.6. The summed E-state index contributed by atoms with van der Waals surface area (Å²) in [6.45, 7) is 0. The second-order valence-corrected chi connectivity index (χ2v) is 4.58. The molecule has 0 aliphatic heterocycles. The number of aromatic nitrogens is 1. The summed E-state index contributed by atoms with van der Waals surface area (Å²) in [4.78, 5) is 25.1. The Bertz CT molecular complexity index is 699. The van der Waals surface area contributed by atoms with Crippen molar-refractivity contribution in [1.29, 1.82) is 0 Å². The Kier molecular flexibility index (Phi) is 4.15. The molecule has 0 unspecified atom stereocenters. The second kappa shape index (κ2) is 5.86. The van der Waals surface area contributed by atoms with Gasteiger partial charge in [0, 0.05) is 11.3 Å². The first kappa shape index (κ1) is 14.9. The number of aromatic amines is 1. The van der Waals surface area contributed by atoms with Crippen molar-refractivity contribution in [1.82, 2.24) is 4.98 Å². The first-order valence-electron chi connectivity index (χ1n) is 5.84. The summed E-state index contributed by atoms with van der Waals surface area (Å²) in [5, 5.41) is 1.20. The Labute approximate surface area is 125 Å². The first-order valence-corrected chi connectivity index (χ1v) is 6.21. The molecule has 0 saturated carbocycles. The number of ether oxygens (including phenoxy) is 1. The number of rotatable bonds is 5. The van der Waals surface area contributed by atoms with E-state index in [2.05, 4.69) is 4.98 Å². The van der Waals surface area contributed by atoms with Gasteiger partial charge in [-0.25, -0.2) is 10.9 Å². The molecule has 0 aliphatic rings. The van der Waals surface area contributed by atoms with Crippen molar-refractivity contribution in [3.8, 4) is 17.0 Å². The van der Waals surface area contributed by atoms with E-state index in [1.807, 2.05) is 0 Å². The molecule has 0 spiro atoms. The maximum absolute atomic E-state index is 11.4. The smallest absolute Gasteiger partial charge is 0.252 e. The van der Waals surface area contributed by atoms with Gasteiger partial charge in [0.2, 0.25) is 6.41 Å². The Morgan fingerprint density at radius 3 is 2.71 bits per heavy atom. The molecule has 21 heavy (non-hydrogen) atoms. The Hall–Kier alpha value is -2.51. The average molecular weight is 309 g/mol. The zero-order valence-corrected chi connectivity index (χ0v) is 11.8. The number of hydrazine groups is 1. The van der Waals surface area contributed by atoms with Crippen molar-refractivity contribution in [2.24, 2.45) is 11.6 Å². The van der Waals surface area contributed by atoms with Crippen molar-refractivity contribution < 1.29 is 14.3 Å². The second-order valence-electron chi connectivity index (χ2n) is 4.17. The van der Waals surface area contributed by atoms with Crippen LogP contribution in [0.1, 0.15) is 10.4 Å². The highest BCUT2D eigenvalue weighted by molar-refractivity contribution is 6.32. The van der Waals surface area contributed by atoms with E-state index >= 15 is 0 Å². The molecule has 0 fully saturated rings. The van der Waals surface area contributed by atoms with Gasteiger partial charge in [-0.3, -0.25) is 9.59 Å². The number of H-pyrrole nitrogens is 1. The van der Waals surface area contributed by atoms with E-state index in [1.54, 1.807) is 18.2 Å². The van der Waals surface area contributed by atoms with Crippen LogP contribution >= 0.6 is 11.6 Å². The third kappa shape index (κ3) is 2.83. The highest BCUT2D eigenvalue weighted by atomic mass is 35.5. The fraction of sp³-hybridized carbons (Fsp3) is 0.0769. The summed E-state index contributed by atoms with van der Waals surface area (Å²) in [5.74, 6) is 5.37. The molecule has 8 heteroatoms. The highest BCUT2D eigenvalue weighted by Crippen LogP contribution is 2.32. The Balaban J connectivity index is 2.54. The molecule has 7 nitrogen and oxygen atoms in total. The minimum Gasteiger partial charge on any atom is -0.495 e. The van der Waals surface area contributed by atoms with Crippen molar-refractivity contribution in [3.05, 3.63) is 34.9 Å². The van der Waals surface area contributed by atoms with Crippen LogP contribution in [0.25, 0.3) is 11.3 Å². The topological polar surface area (TPSA) is 114 Å². The van der Waals surface area contributed by atoms with Crippen LogP contribution < -0.4 is 21.3 Å². The van der Waals surface area contributed by atoms with Crippen molar-refractivity contribution in [2.75, 3.05) is 12.1 Å². The number of hydrogen-bond acceptors (Lipinski definition) is 4. The third-order valence-corrected chi connectivity index (χ3v) is 3.21. The molecule has 1 aromatic carbocycles. The Morgan fingerprint density at radius 1 is 1.43 bits per heavy atom. The first-order chi connectivity index (χ1) is 9.97. The molecule has 0 saturated heterocycles. The van der Waals surface area contributed by atoms with Crippen LogP contribution in [0.2, 0.25) is 5.02 Å². The van der Waals surface area contributed by atoms with E-state index < -0.39 is 5.91 Å². The van der Waals surface area contributed by atoms with E-state index in [1.165, 1.54) is 13.2 Å². The molecule has 0 atom stereocenters. The molecule has 1 heterocycles. The molecule has 1 aromatic heterocycles. The molecule has 110 valence electrons. The lowest BCUT2D eigenvalue weighted by atomic mass is 10.1. The normalized spacial score (nSPS) is 10.2. The molecule has 0 radical (unpaired) electrons. The van der Waals surface area contributed by atoms with Gasteiger partial charge in [-0.2, -0.15) is 0 Å². The van der Waals surface area contributed by atoms with Gasteiger partial charge in [-0.05, 0) is 18.2 Å². The number of carbonyl (C=O) groups is 2. The van der Waals surface area contributed by atoms with Crippen molar-refractivity contribution in [3.63, 3.8) is 0 Å². The zero-order valence-electron chi connectivity index (χ0n) is 11.1. The van der Waals surface area contributed by atoms with Crippen LogP contribution in [-0.4, -0.2) is 24.4 Å². The van der Waals surface area contributed by atoms with Gasteiger partial charge in [0.1, 0.15) is 11.6 Å². The predicted molar refractivity (Wildman–Crippen MR) is 79.0 cm³/mol. The number of anilines is 1. The maximum atomic E-state index is 11.4. The van der Waals surface area contributed by atoms with Crippen LogP contribution in [0, 0.1) is 0 Å². The van der Waals surface area contributed by atoms with Gasteiger partial charge in [-0.1, -0.05) is 17.7 Å². The molecule has 0 aliphatic carbocycles. The number of primary amides is 1. The summed E-state index contributed by atoms with van der Waals surface area (Å²) >= 11 is 5.96. The van der Waals surface area contributed by atoms with Crippen molar-refractivity contribution in [2.45, 2.75) is 0 Å². The van der Waals surface area contributed by atoms with Crippen LogP contribution in [0.3, 0.4) is 0 Å². The number of amides is 2. The summed E-state index contributed by atoms with van der Waals surface area (Å²) in [6.07, 6.45) is 0.366. The molecule has 2 rings (SSSR count). The summed E-state index contributed by atoms with van der Waals surface area (Å²) < 4.78 is 5.13. The van der Waals surface area contributed by atoms with Crippen LogP contribution in [-0.2, 0) is 4.79 Å². The molecular weight excluding hydrogens is 296 g/mol. The number of nitrogens with zero attached hydrogens (tertiary/aromatic N) is 1. The number of nitrogens with one attached hydrogen (secondary N) is 1. The van der Waals surface area contributed by atoms with E-state index in [4.69, 9.17) is 27.9 Å². The largest absolute Gasteiger partial charge is 0.495 e. The van der Waals surface area contributed by atoms with E-state index in [0.717, 1.165) is 5.01 Å². The van der Waals surface area contributed by atoms with Crippen LogP contribution in [0.5, 0.6) is 5.75 Å². The Morgan fingerprint density at radius 2 is 2.14 bits per heavy atom. The van der Waals surface area contributed by atoms with E-state index in [-0.39, 0.29) is 11.4 Å².